The van der Waals surface area contributed by atoms with Gasteiger partial charge in [0, 0.05) is 11.6 Å². The first-order valence-electron chi connectivity index (χ1n) is 6.72. The molecule has 0 saturated heterocycles. The number of ether oxygens (including phenoxy) is 1. The maximum Gasteiger partial charge on any atom is 0.143 e. The van der Waals surface area contributed by atoms with Crippen LogP contribution in [0.4, 0.5) is 0 Å². The summed E-state index contributed by atoms with van der Waals surface area (Å²) < 4.78 is 7.13. The average molecular weight is 270 g/mol. The molecule has 1 fully saturated rings. The molecule has 0 aliphatic heterocycles. The van der Waals surface area contributed by atoms with Gasteiger partial charge in [0.15, 0.2) is 0 Å². The maximum atomic E-state index is 7.52. The van der Waals surface area contributed by atoms with E-state index in [1.807, 2.05) is 35.0 Å². The molecule has 1 aromatic heterocycles. The molecule has 0 radical (unpaired) electrons. The van der Waals surface area contributed by atoms with Gasteiger partial charge in [0.1, 0.15) is 17.3 Å². The van der Waals surface area contributed by atoms with Crippen molar-refractivity contribution in [2.75, 3.05) is 7.11 Å². The number of nitrogen functional groups attached to an aromatic ring is 1. The lowest BCUT2D eigenvalue weighted by atomic mass is 10.2. The topological polar surface area (TPSA) is 76.9 Å². The lowest BCUT2D eigenvalue weighted by Gasteiger charge is -2.07. The highest BCUT2D eigenvalue weighted by Gasteiger charge is 2.28. The van der Waals surface area contributed by atoms with E-state index in [9.17, 15) is 0 Å². The monoisotopic (exact) mass is 270 g/mol. The lowest BCUT2D eigenvalue weighted by Crippen LogP contribution is -2.13. The van der Waals surface area contributed by atoms with Crippen molar-refractivity contribution < 1.29 is 4.74 Å². The largest absolute Gasteiger partial charge is 0.497 e. The number of methoxy groups -OCH3 is 1. The lowest BCUT2D eigenvalue weighted by molar-refractivity contribution is 0.414. The van der Waals surface area contributed by atoms with Crippen LogP contribution in [-0.4, -0.2) is 22.7 Å². The second-order valence-electron chi connectivity index (χ2n) is 5.15. The number of hydrogen-bond donors (Lipinski definition) is 2. The molecule has 1 aromatic carbocycles. The summed E-state index contributed by atoms with van der Waals surface area (Å²) in [6, 6.07) is 9.90. The van der Waals surface area contributed by atoms with Gasteiger partial charge >= 0.3 is 0 Å². The molecule has 1 aliphatic rings. The molecule has 104 valence electrons. The highest BCUT2D eigenvalue weighted by molar-refractivity contribution is 5.93. The first-order valence-corrected chi connectivity index (χ1v) is 6.72. The zero-order chi connectivity index (χ0) is 14.1. The maximum absolute atomic E-state index is 7.52. The van der Waals surface area contributed by atoms with Crippen molar-refractivity contribution >= 4 is 5.84 Å². The molecule has 0 amide bonds. The Morgan fingerprint density at radius 2 is 2.10 bits per heavy atom. The van der Waals surface area contributed by atoms with E-state index in [1.54, 1.807) is 7.11 Å². The van der Waals surface area contributed by atoms with Crippen LogP contribution in [0.5, 0.6) is 5.75 Å². The summed E-state index contributed by atoms with van der Waals surface area (Å²) in [5.74, 6) is 1.45. The first kappa shape index (κ1) is 12.7. The van der Waals surface area contributed by atoms with Gasteiger partial charge < -0.3 is 10.5 Å². The summed E-state index contributed by atoms with van der Waals surface area (Å²) in [6.45, 7) is 0.698. The van der Waals surface area contributed by atoms with Crippen LogP contribution in [0.3, 0.4) is 0 Å². The van der Waals surface area contributed by atoms with Gasteiger partial charge in [-0.25, -0.2) is 0 Å². The fourth-order valence-corrected chi connectivity index (χ4v) is 2.30. The molecule has 3 N–H and O–H groups in total. The fraction of sp³-hybridized carbons (Fsp3) is 0.333. The Kier molecular flexibility index (Phi) is 3.18. The van der Waals surface area contributed by atoms with Gasteiger partial charge in [-0.1, -0.05) is 12.1 Å². The predicted octanol–water partition coefficient (Wildman–Crippen LogP) is 2.10. The second kappa shape index (κ2) is 5.00. The second-order valence-corrected chi connectivity index (χ2v) is 5.15. The zero-order valence-electron chi connectivity index (χ0n) is 11.5. The number of hydrogen-bond acceptors (Lipinski definition) is 3. The molecule has 3 rings (SSSR count). The third-order valence-corrected chi connectivity index (χ3v) is 3.57. The van der Waals surface area contributed by atoms with Gasteiger partial charge in [0.25, 0.3) is 0 Å². The van der Waals surface area contributed by atoms with Crippen molar-refractivity contribution in [3.05, 3.63) is 47.3 Å². The van der Waals surface area contributed by atoms with Gasteiger partial charge in [0.05, 0.1) is 13.7 Å². The minimum atomic E-state index is 0.0281. The molecule has 1 heterocycles. The van der Waals surface area contributed by atoms with Gasteiger partial charge in [-0.05, 0) is 36.6 Å². The van der Waals surface area contributed by atoms with Crippen LogP contribution in [0.2, 0.25) is 0 Å². The van der Waals surface area contributed by atoms with Crippen LogP contribution < -0.4 is 10.5 Å². The smallest absolute Gasteiger partial charge is 0.143 e. The van der Waals surface area contributed by atoms with Crippen LogP contribution >= 0.6 is 0 Å². The van der Waals surface area contributed by atoms with Crippen LogP contribution in [0.1, 0.15) is 35.7 Å². The Bertz CT molecular complexity index is 626. The number of rotatable bonds is 5. The summed E-state index contributed by atoms with van der Waals surface area (Å²) in [5.41, 5.74) is 8.45. The molecular formula is C15H18N4O. The van der Waals surface area contributed by atoms with E-state index >= 15 is 0 Å². The van der Waals surface area contributed by atoms with E-state index in [2.05, 4.69) is 5.10 Å². The summed E-state index contributed by atoms with van der Waals surface area (Å²) in [4.78, 5) is 0. The van der Waals surface area contributed by atoms with Crippen LogP contribution in [-0.2, 0) is 6.54 Å². The molecule has 0 spiro atoms. The number of nitrogens with one attached hydrogen (secondary N) is 1. The standard InChI is InChI=1S/C15H18N4O/c1-20-12-6-2-10(3-7-12)9-19-14(11-4-5-11)8-13(18-19)15(16)17/h2-3,6-8,11H,4-5,9H2,1H3,(H3,16,17). The number of amidine groups is 1. The Balaban J connectivity index is 1.86. The highest BCUT2D eigenvalue weighted by atomic mass is 16.5. The van der Waals surface area contributed by atoms with Crippen molar-refractivity contribution in [2.45, 2.75) is 25.3 Å². The van der Waals surface area contributed by atoms with Crippen molar-refractivity contribution in [3.8, 4) is 5.75 Å². The van der Waals surface area contributed by atoms with Crippen LogP contribution in [0, 0.1) is 5.41 Å². The number of nitrogens with two attached hydrogens (primary N) is 1. The third-order valence-electron chi connectivity index (χ3n) is 3.57. The molecule has 0 bridgehead atoms. The Hall–Kier alpha value is -2.30. The molecule has 1 aliphatic carbocycles. The van der Waals surface area contributed by atoms with Gasteiger partial charge in [-0.15, -0.1) is 0 Å². The zero-order valence-corrected chi connectivity index (χ0v) is 11.5. The van der Waals surface area contributed by atoms with Gasteiger partial charge in [-0.2, -0.15) is 5.10 Å². The molecule has 0 atom stereocenters. The van der Waals surface area contributed by atoms with E-state index in [0.717, 1.165) is 11.3 Å². The van der Waals surface area contributed by atoms with Crippen molar-refractivity contribution in [1.29, 1.82) is 5.41 Å². The molecule has 1 saturated carbocycles. The van der Waals surface area contributed by atoms with Crippen molar-refractivity contribution in [3.63, 3.8) is 0 Å². The molecule has 2 aromatic rings. The minimum absolute atomic E-state index is 0.0281. The quantitative estimate of drug-likeness (QED) is 0.645. The molecule has 20 heavy (non-hydrogen) atoms. The van der Waals surface area contributed by atoms with E-state index in [-0.39, 0.29) is 5.84 Å². The van der Waals surface area contributed by atoms with Crippen molar-refractivity contribution in [1.82, 2.24) is 9.78 Å². The molecule has 5 nitrogen and oxygen atoms in total. The Morgan fingerprint density at radius 3 is 2.65 bits per heavy atom. The molecule has 0 unspecified atom stereocenters. The van der Waals surface area contributed by atoms with E-state index < -0.39 is 0 Å². The Morgan fingerprint density at radius 1 is 1.40 bits per heavy atom. The molecule has 5 heteroatoms. The number of aromatic nitrogens is 2. The summed E-state index contributed by atoms with van der Waals surface area (Å²) in [5, 5.41) is 12.0. The van der Waals surface area contributed by atoms with Crippen molar-refractivity contribution in [2.24, 2.45) is 5.73 Å². The number of nitrogens with zero attached hydrogens (tertiary/aromatic N) is 2. The minimum Gasteiger partial charge on any atom is -0.497 e. The van der Waals surface area contributed by atoms with Crippen LogP contribution in [0.15, 0.2) is 30.3 Å². The third kappa shape index (κ3) is 2.52. The van der Waals surface area contributed by atoms with Gasteiger partial charge in [-0.3, -0.25) is 10.1 Å². The fourth-order valence-electron chi connectivity index (χ4n) is 2.30. The summed E-state index contributed by atoms with van der Waals surface area (Å²) in [6.07, 6.45) is 2.40. The van der Waals surface area contributed by atoms with E-state index in [0.29, 0.717) is 18.2 Å². The average Bonchev–Trinajstić information content (AvgIpc) is 3.21. The van der Waals surface area contributed by atoms with Gasteiger partial charge in [0.2, 0.25) is 0 Å². The summed E-state index contributed by atoms with van der Waals surface area (Å²) >= 11 is 0. The first-order chi connectivity index (χ1) is 9.67. The number of benzene rings is 1. The SMILES string of the molecule is COc1ccc(Cn2nc(C(=N)N)cc2C2CC2)cc1. The summed E-state index contributed by atoms with van der Waals surface area (Å²) in [7, 11) is 1.66. The normalized spacial score (nSPS) is 14.2. The van der Waals surface area contributed by atoms with E-state index in [1.165, 1.54) is 18.5 Å². The van der Waals surface area contributed by atoms with E-state index in [4.69, 9.17) is 15.9 Å². The molecular weight excluding hydrogens is 252 g/mol. The Labute approximate surface area is 117 Å². The van der Waals surface area contributed by atoms with Crippen LogP contribution in [0.25, 0.3) is 0 Å². The predicted molar refractivity (Wildman–Crippen MR) is 77.3 cm³/mol. The highest BCUT2D eigenvalue weighted by Crippen LogP contribution is 2.40.